The van der Waals surface area contributed by atoms with Crippen molar-refractivity contribution >= 4 is 17.9 Å². The van der Waals surface area contributed by atoms with E-state index in [1.165, 1.54) is 19.3 Å². The number of esters is 3. The smallest absolute Gasteiger partial charge is 0.306 e. The lowest BCUT2D eigenvalue weighted by molar-refractivity contribution is -0.166. The van der Waals surface area contributed by atoms with Crippen molar-refractivity contribution in [3.63, 3.8) is 0 Å². The molecule has 0 saturated heterocycles. The highest BCUT2D eigenvalue weighted by Crippen LogP contribution is 2.10. The Morgan fingerprint density at radius 1 is 0.362 bits per heavy atom. The van der Waals surface area contributed by atoms with E-state index in [9.17, 15) is 14.4 Å². The molecule has 6 heteroatoms. The van der Waals surface area contributed by atoms with Gasteiger partial charge in [0.05, 0.1) is 0 Å². The monoisotopic (exact) mass is 801 g/mol. The molecule has 0 aliphatic rings. The predicted octanol–water partition coefficient (Wildman–Crippen LogP) is 14.6. The van der Waals surface area contributed by atoms with Gasteiger partial charge in [-0.2, -0.15) is 0 Å². The fourth-order valence-electron chi connectivity index (χ4n) is 5.40. The molecule has 0 amide bonds. The summed E-state index contributed by atoms with van der Waals surface area (Å²) in [6, 6.07) is 0. The molecule has 58 heavy (non-hydrogen) atoms. The minimum Gasteiger partial charge on any atom is -0.462 e. The molecule has 0 aromatic heterocycles. The molecule has 0 saturated carbocycles. The summed E-state index contributed by atoms with van der Waals surface area (Å²) in [6.45, 7) is 6.20. The summed E-state index contributed by atoms with van der Waals surface area (Å²) in [7, 11) is 0. The van der Waals surface area contributed by atoms with E-state index in [1.54, 1.807) is 0 Å². The Morgan fingerprint density at radius 3 is 1.12 bits per heavy atom. The molecular formula is C52H80O6. The number of allylic oxidation sites excluding steroid dienone is 20. The molecule has 0 aliphatic heterocycles. The summed E-state index contributed by atoms with van der Waals surface area (Å²) in [6.07, 6.45) is 62.2. The molecule has 1 atom stereocenters. The lowest BCUT2D eigenvalue weighted by Gasteiger charge is -2.18. The average Bonchev–Trinajstić information content (AvgIpc) is 3.22. The topological polar surface area (TPSA) is 78.9 Å². The molecule has 0 aromatic carbocycles. The zero-order valence-electron chi connectivity index (χ0n) is 36.8. The highest BCUT2D eigenvalue weighted by atomic mass is 16.6. The maximum atomic E-state index is 12.6. The van der Waals surface area contributed by atoms with Crippen molar-refractivity contribution in [3.8, 4) is 0 Å². The molecule has 324 valence electrons. The van der Waals surface area contributed by atoms with Gasteiger partial charge in [0.1, 0.15) is 13.2 Å². The van der Waals surface area contributed by atoms with Gasteiger partial charge in [-0.3, -0.25) is 14.4 Å². The maximum Gasteiger partial charge on any atom is 0.306 e. The molecule has 0 rings (SSSR count). The number of hydrogen-bond acceptors (Lipinski definition) is 6. The number of ether oxygens (including phenoxy) is 3. The molecule has 0 N–H and O–H groups in total. The second-order valence-corrected chi connectivity index (χ2v) is 14.2. The molecule has 0 aliphatic carbocycles. The minimum atomic E-state index is -0.832. The Bertz CT molecular complexity index is 1290. The summed E-state index contributed by atoms with van der Waals surface area (Å²) in [5, 5.41) is 0. The first-order valence-corrected chi connectivity index (χ1v) is 22.5. The van der Waals surface area contributed by atoms with E-state index in [0.717, 1.165) is 96.3 Å². The van der Waals surface area contributed by atoms with E-state index in [-0.39, 0.29) is 38.0 Å². The van der Waals surface area contributed by atoms with E-state index < -0.39 is 12.1 Å². The van der Waals surface area contributed by atoms with Gasteiger partial charge in [-0.15, -0.1) is 0 Å². The number of hydrogen-bond donors (Lipinski definition) is 0. The fourth-order valence-corrected chi connectivity index (χ4v) is 5.40. The van der Waals surface area contributed by atoms with Crippen LogP contribution in [0.15, 0.2) is 122 Å². The van der Waals surface area contributed by atoms with Crippen molar-refractivity contribution in [2.75, 3.05) is 13.2 Å². The van der Waals surface area contributed by atoms with Crippen molar-refractivity contribution in [2.45, 2.75) is 175 Å². The Morgan fingerprint density at radius 2 is 0.707 bits per heavy atom. The summed E-state index contributed by atoms with van der Waals surface area (Å²) in [4.78, 5) is 37.5. The van der Waals surface area contributed by atoms with Crippen LogP contribution in [0.1, 0.15) is 168 Å². The first kappa shape index (κ1) is 53.8. The number of carbonyl (C=O) groups excluding carboxylic acids is 3. The zero-order valence-corrected chi connectivity index (χ0v) is 36.8. The third-order valence-electron chi connectivity index (χ3n) is 8.73. The summed E-state index contributed by atoms with van der Waals surface area (Å²) < 4.78 is 16.5. The first-order chi connectivity index (χ1) is 28.5. The first-order valence-electron chi connectivity index (χ1n) is 22.5. The van der Waals surface area contributed by atoms with Gasteiger partial charge in [0.25, 0.3) is 0 Å². The molecule has 0 spiro atoms. The van der Waals surface area contributed by atoms with Crippen LogP contribution in [0.25, 0.3) is 0 Å². The Labute approximate surface area is 354 Å². The van der Waals surface area contributed by atoms with Crippen LogP contribution in [-0.4, -0.2) is 37.2 Å². The van der Waals surface area contributed by atoms with Crippen LogP contribution >= 0.6 is 0 Å². The van der Waals surface area contributed by atoms with Gasteiger partial charge in [-0.1, -0.05) is 174 Å². The van der Waals surface area contributed by atoms with Crippen LogP contribution in [-0.2, 0) is 28.6 Å². The van der Waals surface area contributed by atoms with Crippen molar-refractivity contribution in [1.82, 2.24) is 0 Å². The Kier molecular flexibility index (Phi) is 42.2. The van der Waals surface area contributed by atoms with Crippen LogP contribution in [0.2, 0.25) is 0 Å². The quantitative estimate of drug-likeness (QED) is 0.0268. The average molecular weight is 801 g/mol. The van der Waals surface area contributed by atoms with Crippen LogP contribution < -0.4 is 0 Å². The number of unbranched alkanes of at least 4 members (excludes halogenated alkanes) is 7. The van der Waals surface area contributed by atoms with Gasteiger partial charge in [0, 0.05) is 19.3 Å². The highest BCUT2D eigenvalue weighted by molar-refractivity contribution is 5.71. The number of carbonyl (C=O) groups is 3. The van der Waals surface area contributed by atoms with Gasteiger partial charge < -0.3 is 14.2 Å². The number of rotatable bonds is 38. The largest absolute Gasteiger partial charge is 0.462 e. The molecule has 6 nitrogen and oxygen atoms in total. The maximum absolute atomic E-state index is 12.6. The van der Waals surface area contributed by atoms with Gasteiger partial charge >= 0.3 is 17.9 Å². The summed E-state index contributed by atoms with van der Waals surface area (Å²) >= 11 is 0. The predicted molar refractivity (Wildman–Crippen MR) is 246 cm³/mol. The van der Waals surface area contributed by atoms with Crippen LogP contribution in [0.5, 0.6) is 0 Å². The van der Waals surface area contributed by atoms with E-state index in [4.69, 9.17) is 14.2 Å². The van der Waals surface area contributed by atoms with Crippen LogP contribution in [0.3, 0.4) is 0 Å². The summed E-state index contributed by atoms with van der Waals surface area (Å²) in [5.74, 6) is -1.08. The van der Waals surface area contributed by atoms with Crippen molar-refractivity contribution < 1.29 is 28.6 Å². The van der Waals surface area contributed by atoms with E-state index in [2.05, 4.69) is 130 Å². The van der Waals surface area contributed by atoms with E-state index >= 15 is 0 Å². The molecule has 0 aromatic rings. The molecule has 0 bridgehead atoms. The van der Waals surface area contributed by atoms with Crippen molar-refractivity contribution in [1.29, 1.82) is 0 Å². The standard InChI is InChI=1S/C52H80O6/c1-4-7-10-13-16-18-20-22-23-24-25-26-27-28-29-31-32-34-36-39-42-45-51(54)57-48-49(47-56-50(53)44-41-38-15-12-9-6-3)58-52(55)46-43-40-37-35-33-30-21-19-17-14-11-8-5-2/h7-8,10-11,16-19,22-23,25-26,28-30,32-34,37,40,49H,4-6,9,12-15,20-21,24,27,31,35-36,38-39,41-48H2,1-3H3/b10-7-,11-8-,18-16-,19-17-,23-22-,26-25-,29-28-,33-30-,34-32-,40-37-. The SMILES string of the molecule is CC/C=C\C/C=C\C/C=C\C/C=C\C/C=C\C/C=C\CCCCC(=O)OCC(COC(=O)CCCCCCCC)OC(=O)CC/C=C\C/C=C\C/C=C\C/C=C\CC. The molecule has 0 heterocycles. The summed E-state index contributed by atoms with van der Waals surface area (Å²) in [5.41, 5.74) is 0. The molecular weight excluding hydrogens is 721 g/mol. The molecule has 0 radical (unpaired) electrons. The van der Waals surface area contributed by atoms with Crippen LogP contribution in [0.4, 0.5) is 0 Å². The second-order valence-electron chi connectivity index (χ2n) is 14.2. The van der Waals surface area contributed by atoms with Crippen LogP contribution in [0, 0.1) is 0 Å². The van der Waals surface area contributed by atoms with Crippen molar-refractivity contribution in [2.24, 2.45) is 0 Å². The molecule has 1 unspecified atom stereocenters. The van der Waals surface area contributed by atoms with Gasteiger partial charge in [-0.25, -0.2) is 0 Å². The zero-order chi connectivity index (χ0) is 42.3. The van der Waals surface area contributed by atoms with Gasteiger partial charge in [-0.05, 0) is 96.3 Å². The third-order valence-corrected chi connectivity index (χ3v) is 8.73. The second kappa shape index (κ2) is 45.5. The van der Waals surface area contributed by atoms with Gasteiger partial charge in [0.15, 0.2) is 6.10 Å². The normalized spacial score (nSPS) is 13.2. The molecule has 0 fully saturated rings. The lowest BCUT2D eigenvalue weighted by atomic mass is 10.1. The third kappa shape index (κ3) is 42.9. The Hall–Kier alpha value is -4.19. The minimum absolute atomic E-state index is 0.125. The van der Waals surface area contributed by atoms with Crippen molar-refractivity contribution in [3.05, 3.63) is 122 Å². The Balaban J connectivity index is 4.44. The van der Waals surface area contributed by atoms with E-state index in [0.29, 0.717) is 19.3 Å². The highest BCUT2D eigenvalue weighted by Gasteiger charge is 2.19. The lowest BCUT2D eigenvalue weighted by Crippen LogP contribution is -2.30. The fraction of sp³-hybridized carbons (Fsp3) is 0.558. The van der Waals surface area contributed by atoms with Gasteiger partial charge in [0.2, 0.25) is 0 Å². The van der Waals surface area contributed by atoms with E-state index in [1.807, 2.05) is 12.2 Å².